The SMILES string of the molecule is COc1cc(C2C3=C(CCCC3=O)Nc3nc(SC(C)C)[nH]c(=O)c32)cc(OC)c1O. The first-order chi connectivity index (χ1) is 14.8. The second-order valence-corrected chi connectivity index (χ2v) is 9.37. The molecule has 0 bridgehead atoms. The smallest absolute Gasteiger partial charge is 0.257 e. The highest BCUT2D eigenvalue weighted by Crippen LogP contribution is 2.47. The van der Waals surface area contributed by atoms with Gasteiger partial charge in [0.25, 0.3) is 5.56 Å². The number of H-pyrrole nitrogens is 1. The van der Waals surface area contributed by atoms with Crippen LogP contribution in [0.1, 0.15) is 50.2 Å². The van der Waals surface area contributed by atoms with E-state index in [2.05, 4.69) is 15.3 Å². The number of ketones is 1. The Morgan fingerprint density at radius 1 is 1.16 bits per heavy atom. The number of thioether (sulfide) groups is 1. The van der Waals surface area contributed by atoms with Crippen LogP contribution in [-0.4, -0.2) is 40.3 Å². The summed E-state index contributed by atoms with van der Waals surface area (Å²) in [6, 6.07) is 3.28. The zero-order chi connectivity index (χ0) is 22.3. The lowest BCUT2D eigenvalue weighted by Gasteiger charge is -2.33. The number of aromatic hydroxyl groups is 1. The van der Waals surface area contributed by atoms with Crippen molar-refractivity contribution in [2.24, 2.45) is 0 Å². The number of phenols is 1. The van der Waals surface area contributed by atoms with E-state index in [0.717, 1.165) is 12.1 Å². The standard InChI is InChI=1S/C22H25N3O5S/c1-10(2)31-22-24-20-18(21(28)25-22)16(17-12(23-20)6-5-7-13(17)26)11-8-14(29-3)19(27)15(9-11)30-4/h8-10,16,27H,5-7H2,1-4H3,(H2,23,24,25,28). The number of Topliss-reactive ketones (excluding diaryl/α,β-unsaturated/α-hetero) is 1. The van der Waals surface area contributed by atoms with E-state index in [1.807, 2.05) is 13.8 Å². The molecule has 2 aliphatic rings. The number of hydrogen-bond acceptors (Lipinski definition) is 8. The summed E-state index contributed by atoms with van der Waals surface area (Å²) in [5.74, 6) is 0.0822. The number of ether oxygens (including phenoxy) is 2. The monoisotopic (exact) mass is 443 g/mol. The summed E-state index contributed by atoms with van der Waals surface area (Å²) in [6.07, 6.45) is 1.86. The number of allylic oxidation sites excluding steroid dienone is 2. The maximum atomic E-state index is 13.2. The van der Waals surface area contributed by atoms with Crippen molar-refractivity contribution in [3.8, 4) is 17.2 Å². The van der Waals surface area contributed by atoms with Gasteiger partial charge in [0.2, 0.25) is 5.75 Å². The molecule has 0 saturated heterocycles. The highest BCUT2D eigenvalue weighted by molar-refractivity contribution is 7.99. The first-order valence-corrected chi connectivity index (χ1v) is 11.0. The predicted molar refractivity (Wildman–Crippen MR) is 118 cm³/mol. The molecule has 2 aromatic rings. The minimum atomic E-state index is -0.642. The minimum Gasteiger partial charge on any atom is -0.502 e. The third-order valence-electron chi connectivity index (χ3n) is 5.42. The summed E-state index contributed by atoms with van der Waals surface area (Å²) in [7, 11) is 2.88. The molecule has 8 nitrogen and oxygen atoms in total. The van der Waals surface area contributed by atoms with Gasteiger partial charge in [-0.2, -0.15) is 0 Å². The maximum absolute atomic E-state index is 13.2. The first-order valence-electron chi connectivity index (χ1n) is 10.1. The number of rotatable bonds is 5. The fourth-order valence-corrected chi connectivity index (χ4v) is 4.88. The first kappa shape index (κ1) is 21.3. The summed E-state index contributed by atoms with van der Waals surface area (Å²) in [6.45, 7) is 4.05. The number of hydrogen-bond donors (Lipinski definition) is 3. The number of fused-ring (bicyclic) bond motifs is 1. The molecule has 3 N–H and O–H groups in total. The van der Waals surface area contributed by atoms with E-state index in [1.165, 1.54) is 26.0 Å². The topological polar surface area (TPSA) is 114 Å². The summed E-state index contributed by atoms with van der Waals surface area (Å²) in [4.78, 5) is 33.7. The van der Waals surface area contributed by atoms with Gasteiger partial charge in [-0.3, -0.25) is 9.59 Å². The Morgan fingerprint density at radius 3 is 2.45 bits per heavy atom. The van der Waals surface area contributed by atoms with Crippen molar-refractivity contribution in [3.63, 3.8) is 0 Å². The van der Waals surface area contributed by atoms with Gasteiger partial charge in [0.05, 0.1) is 19.8 Å². The second kappa shape index (κ2) is 8.30. The van der Waals surface area contributed by atoms with Crippen LogP contribution in [0.25, 0.3) is 0 Å². The summed E-state index contributed by atoms with van der Waals surface area (Å²) < 4.78 is 10.6. The Bertz CT molecular complexity index is 1110. The van der Waals surface area contributed by atoms with Crippen molar-refractivity contribution < 1.29 is 19.4 Å². The van der Waals surface area contributed by atoms with Crippen molar-refractivity contribution in [1.82, 2.24) is 9.97 Å². The Kier molecular flexibility index (Phi) is 5.70. The molecule has 1 atom stereocenters. The lowest BCUT2D eigenvalue weighted by Crippen LogP contribution is -2.32. The van der Waals surface area contributed by atoms with Crippen LogP contribution < -0.4 is 20.3 Å². The Labute approximate surface area is 184 Å². The van der Waals surface area contributed by atoms with E-state index in [-0.39, 0.29) is 33.8 Å². The van der Waals surface area contributed by atoms with Crippen LogP contribution in [0.4, 0.5) is 5.82 Å². The molecular formula is C22H25N3O5S. The van der Waals surface area contributed by atoms with E-state index >= 15 is 0 Å². The van der Waals surface area contributed by atoms with Crippen molar-refractivity contribution >= 4 is 23.4 Å². The van der Waals surface area contributed by atoms with Gasteiger partial charge in [0.15, 0.2) is 22.4 Å². The number of carbonyl (C=O) groups excluding carboxylic acids is 1. The Hall–Kier alpha value is -2.94. The van der Waals surface area contributed by atoms with Gasteiger partial charge in [-0.05, 0) is 30.5 Å². The molecule has 0 amide bonds. The van der Waals surface area contributed by atoms with Crippen molar-refractivity contribution in [2.45, 2.75) is 49.4 Å². The number of anilines is 1. The number of nitrogens with zero attached hydrogens (tertiary/aromatic N) is 1. The number of aromatic amines is 1. The van der Waals surface area contributed by atoms with Gasteiger partial charge in [-0.15, -0.1) is 0 Å². The second-order valence-electron chi connectivity index (χ2n) is 7.80. The maximum Gasteiger partial charge on any atom is 0.257 e. The summed E-state index contributed by atoms with van der Waals surface area (Å²) in [5.41, 5.74) is 2.04. The zero-order valence-electron chi connectivity index (χ0n) is 17.9. The Balaban J connectivity index is 1.97. The molecular weight excluding hydrogens is 418 g/mol. The number of nitrogens with one attached hydrogen (secondary N) is 2. The molecule has 31 heavy (non-hydrogen) atoms. The van der Waals surface area contributed by atoms with Gasteiger partial charge in [-0.25, -0.2) is 4.98 Å². The molecule has 0 radical (unpaired) electrons. The van der Waals surface area contributed by atoms with Crippen LogP contribution in [0.2, 0.25) is 0 Å². The molecule has 0 fully saturated rings. The van der Waals surface area contributed by atoms with Crippen LogP contribution in [0.5, 0.6) is 17.2 Å². The zero-order valence-corrected chi connectivity index (χ0v) is 18.7. The van der Waals surface area contributed by atoms with Crippen molar-refractivity contribution in [1.29, 1.82) is 0 Å². The van der Waals surface area contributed by atoms with Crippen LogP contribution in [0, 0.1) is 0 Å². The lowest BCUT2D eigenvalue weighted by molar-refractivity contribution is -0.116. The van der Waals surface area contributed by atoms with Gasteiger partial charge < -0.3 is 24.9 Å². The van der Waals surface area contributed by atoms with E-state index in [4.69, 9.17) is 9.47 Å². The summed E-state index contributed by atoms with van der Waals surface area (Å²) >= 11 is 1.46. The number of methoxy groups -OCH3 is 2. The Morgan fingerprint density at radius 2 is 1.84 bits per heavy atom. The normalized spacial score (nSPS) is 17.8. The highest BCUT2D eigenvalue weighted by Gasteiger charge is 2.38. The molecule has 2 heterocycles. The average Bonchev–Trinajstić information content (AvgIpc) is 2.72. The molecule has 0 saturated carbocycles. The van der Waals surface area contributed by atoms with Crippen LogP contribution >= 0.6 is 11.8 Å². The molecule has 1 aliphatic carbocycles. The van der Waals surface area contributed by atoms with Crippen LogP contribution in [0.15, 0.2) is 33.4 Å². The van der Waals surface area contributed by atoms with E-state index in [0.29, 0.717) is 40.5 Å². The lowest BCUT2D eigenvalue weighted by atomic mass is 9.76. The van der Waals surface area contributed by atoms with Crippen LogP contribution in [0.3, 0.4) is 0 Å². The fourth-order valence-electron chi connectivity index (χ4n) is 4.13. The highest BCUT2D eigenvalue weighted by atomic mass is 32.2. The summed E-state index contributed by atoms with van der Waals surface area (Å²) in [5, 5.41) is 14.4. The quantitative estimate of drug-likeness (QED) is 0.475. The molecule has 0 spiro atoms. The van der Waals surface area contributed by atoms with Gasteiger partial charge in [-0.1, -0.05) is 25.6 Å². The third-order valence-corrected chi connectivity index (χ3v) is 6.31. The molecule has 9 heteroatoms. The predicted octanol–water partition coefficient (Wildman–Crippen LogP) is 3.56. The molecule has 4 rings (SSSR count). The van der Waals surface area contributed by atoms with E-state index < -0.39 is 5.92 Å². The minimum absolute atomic E-state index is 0.00422. The van der Waals surface area contributed by atoms with E-state index in [9.17, 15) is 14.7 Å². The number of benzene rings is 1. The number of aromatic nitrogens is 2. The van der Waals surface area contributed by atoms with Gasteiger partial charge >= 0.3 is 0 Å². The fraction of sp³-hybridized carbons (Fsp3) is 0.409. The largest absolute Gasteiger partial charge is 0.502 e. The molecule has 1 aliphatic heterocycles. The average molecular weight is 444 g/mol. The van der Waals surface area contributed by atoms with Gasteiger partial charge in [0, 0.05) is 28.9 Å². The van der Waals surface area contributed by atoms with Gasteiger partial charge in [0.1, 0.15) is 5.82 Å². The molecule has 1 unspecified atom stereocenters. The number of phenolic OH excluding ortho intramolecular Hbond substituents is 1. The third kappa shape index (κ3) is 3.78. The molecule has 1 aromatic heterocycles. The van der Waals surface area contributed by atoms with Crippen molar-refractivity contribution in [2.75, 3.05) is 19.5 Å². The van der Waals surface area contributed by atoms with Crippen molar-refractivity contribution in [3.05, 3.63) is 44.9 Å². The number of carbonyl (C=O) groups is 1. The van der Waals surface area contributed by atoms with E-state index in [1.54, 1.807) is 12.1 Å². The van der Waals surface area contributed by atoms with Crippen LogP contribution in [-0.2, 0) is 4.79 Å². The molecule has 164 valence electrons. The molecule has 1 aromatic carbocycles.